The smallest absolute Gasteiger partial charge is 0.119 e. The predicted molar refractivity (Wildman–Crippen MR) is 97.8 cm³/mol. The van der Waals surface area contributed by atoms with Crippen molar-refractivity contribution in [3.05, 3.63) is 36.8 Å². The van der Waals surface area contributed by atoms with Gasteiger partial charge in [0.1, 0.15) is 31.2 Å². The van der Waals surface area contributed by atoms with Gasteiger partial charge < -0.3 is 9.66 Å². The molecule has 0 heterocycles. The first-order valence-electron chi connectivity index (χ1n) is 8.80. The number of unbranched alkanes of at least 4 members (excludes halogenated alkanes) is 3. The Morgan fingerprint density at radius 2 is 1.29 bits per heavy atom. The Labute approximate surface area is 147 Å². The van der Waals surface area contributed by atoms with Gasteiger partial charge in [-0.15, -0.1) is 0 Å². The zero-order valence-corrected chi connectivity index (χ0v) is 16.0. The minimum Gasteiger partial charge on any atom is -0.748 e. The number of nitrogens with zero attached hydrogens (tertiary/aromatic N) is 1. The van der Waals surface area contributed by atoms with Crippen LogP contribution in [-0.4, -0.2) is 41.0 Å². The van der Waals surface area contributed by atoms with Crippen LogP contribution in [0.5, 0.6) is 0 Å². The first kappa shape index (κ1) is 23.1. The molecule has 0 aliphatic heterocycles. The molecule has 0 aliphatic carbocycles. The molecule has 24 heavy (non-hydrogen) atoms. The largest absolute Gasteiger partial charge is 0.748 e. The van der Waals surface area contributed by atoms with E-state index in [0.29, 0.717) is 0 Å². The fourth-order valence-electron chi connectivity index (χ4n) is 2.30. The van der Waals surface area contributed by atoms with Gasteiger partial charge in [-0.2, -0.15) is 0 Å². The Kier molecular flexibility index (Phi) is 11.9. The van der Waals surface area contributed by atoms with Crippen LogP contribution < -0.4 is 0 Å². The second kappa shape index (κ2) is 12.4. The van der Waals surface area contributed by atoms with E-state index < -0.39 is 22.0 Å². The van der Waals surface area contributed by atoms with Crippen LogP contribution in [0.15, 0.2) is 36.8 Å². The van der Waals surface area contributed by atoms with Gasteiger partial charge >= 0.3 is 0 Å². The van der Waals surface area contributed by atoms with Crippen molar-refractivity contribution in [2.45, 2.75) is 65.4 Å². The summed E-state index contributed by atoms with van der Waals surface area (Å²) in [5.41, 5.74) is 0. The molecule has 0 spiro atoms. The van der Waals surface area contributed by atoms with E-state index in [2.05, 4.69) is 20.8 Å². The average Bonchev–Trinajstić information content (AvgIpc) is 2.46. The number of aliphatic hydroxyl groups excluding tert-OH is 1. The van der Waals surface area contributed by atoms with Crippen LogP contribution in [-0.2, 0) is 10.1 Å². The second-order valence-electron chi connectivity index (χ2n) is 6.08. The lowest BCUT2D eigenvalue weighted by Crippen LogP contribution is -2.41. The molecule has 0 fully saturated rings. The van der Waals surface area contributed by atoms with Crippen molar-refractivity contribution in [1.82, 2.24) is 0 Å². The maximum absolute atomic E-state index is 10.9. The Morgan fingerprint density at radius 3 is 1.58 bits per heavy atom. The van der Waals surface area contributed by atoms with Gasteiger partial charge in [0, 0.05) is 0 Å². The summed E-state index contributed by atoms with van der Waals surface area (Å²) in [7, 11) is -4.45. The van der Waals surface area contributed by atoms with E-state index in [1.54, 1.807) is 0 Å². The normalized spacial score (nSPS) is 15.0. The summed E-state index contributed by atoms with van der Waals surface area (Å²) in [5, 5.41) is 10.1. The molecule has 6 heteroatoms. The fraction of sp³-hybridized carbons (Fsp3) is 0.667. The van der Waals surface area contributed by atoms with E-state index in [-0.39, 0.29) is 11.0 Å². The number of hydrogen-bond acceptors (Lipinski definition) is 4. The van der Waals surface area contributed by atoms with E-state index >= 15 is 0 Å². The first-order valence-corrected chi connectivity index (χ1v) is 10.4. The van der Waals surface area contributed by atoms with Crippen molar-refractivity contribution in [3.63, 3.8) is 0 Å². The standard InChI is InChI=1S/C18H33NO4S/c1-4-7-10-13-19(14-11-8-5-2,15-12-9-6-3)16-18(20)17-24(21,22)23/h10-15,18,20H,4-9,16-17H2,1-3H3/b13-10+,14-11+,15-12+. The first-order chi connectivity index (χ1) is 11.3. The molecule has 0 aromatic carbocycles. The third kappa shape index (κ3) is 11.6. The van der Waals surface area contributed by atoms with Crippen LogP contribution in [0.2, 0.25) is 0 Å². The summed E-state index contributed by atoms with van der Waals surface area (Å²) in [4.78, 5) is 0. The topological polar surface area (TPSA) is 77.4 Å². The van der Waals surface area contributed by atoms with Crippen molar-refractivity contribution in [1.29, 1.82) is 0 Å². The molecule has 5 nitrogen and oxygen atoms in total. The maximum Gasteiger partial charge on any atom is 0.119 e. The Hall–Kier alpha value is -0.950. The van der Waals surface area contributed by atoms with Gasteiger partial charge in [-0.05, 0) is 37.5 Å². The lowest BCUT2D eigenvalue weighted by atomic mass is 10.2. The molecule has 1 unspecified atom stereocenters. The summed E-state index contributed by atoms with van der Waals surface area (Å²) < 4.78 is 33.0. The number of rotatable bonds is 13. The summed E-state index contributed by atoms with van der Waals surface area (Å²) in [6.07, 6.45) is 16.5. The molecule has 0 aromatic rings. The van der Waals surface area contributed by atoms with E-state index in [4.69, 9.17) is 0 Å². The van der Waals surface area contributed by atoms with E-state index in [1.165, 1.54) is 0 Å². The minimum atomic E-state index is -4.45. The highest BCUT2D eigenvalue weighted by molar-refractivity contribution is 7.85. The summed E-state index contributed by atoms with van der Waals surface area (Å²) in [5.74, 6) is -0.766. The van der Waals surface area contributed by atoms with E-state index in [0.717, 1.165) is 38.5 Å². The maximum atomic E-state index is 10.9. The lowest BCUT2D eigenvalue weighted by Gasteiger charge is -2.29. The van der Waals surface area contributed by atoms with Gasteiger partial charge in [-0.25, -0.2) is 12.9 Å². The van der Waals surface area contributed by atoms with Crippen LogP contribution in [0.3, 0.4) is 0 Å². The van der Waals surface area contributed by atoms with Crippen molar-refractivity contribution in [2.24, 2.45) is 0 Å². The molecule has 1 N–H and O–H groups in total. The van der Waals surface area contributed by atoms with Gasteiger partial charge in [0.15, 0.2) is 0 Å². The molecular formula is C18H33NO4S. The van der Waals surface area contributed by atoms with E-state index in [9.17, 15) is 18.1 Å². The van der Waals surface area contributed by atoms with Crippen LogP contribution in [0, 0.1) is 0 Å². The van der Waals surface area contributed by atoms with Crippen molar-refractivity contribution in [3.8, 4) is 0 Å². The van der Waals surface area contributed by atoms with Crippen LogP contribution in [0.4, 0.5) is 0 Å². The van der Waals surface area contributed by atoms with E-state index in [1.807, 2.05) is 36.8 Å². The van der Waals surface area contributed by atoms with Gasteiger partial charge in [-0.1, -0.05) is 40.0 Å². The SMILES string of the molecule is CCC/C=C/[N+](/C=C/CCC)(/C=C/CCC)CC(O)CS(=O)(=O)[O-]. The Morgan fingerprint density at radius 1 is 0.917 bits per heavy atom. The molecule has 0 amide bonds. The molecule has 0 radical (unpaired) electrons. The van der Waals surface area contributed by atoms with Gasteiger partial charge in [0.2, 0.25) is 0 Å². The number of aliphatic hydroxyl groups is 1. The minimum absolute atomic E-state index is 0.127. The van der Waals surface area contributed by atoms with Gasteiger partial charge in [-0.3, -0.25) is 0 Å². The number of allylic oxidation sites excluding steroid dienone is 3. The summed E-state index contributed by atoms with van der Waals surface area (Å²) in [6.45, 7) is 6.37. The fourth-order valence-corrected chi connectivity index (χ4v) is 2.87. The molecule has 0 saturated heterocycles. The van der Waals surface area contributed by atoms with Crippen LogP contribution in [0.25, 0.3) is 0 Å². The van der Waals surface area contributed by atoms with Crippen molar-refractivity contribution >= 4 is 10.1 Å². The van der Waals surface area contributed by atoms with Crippen molar-refractivity contribution < 1.29 is 22.6 Å². The number of hydrogen-bond donors (Lipinski definition) is 1. The van der Waals surface area contributed by atoms with Gasteiger partial charge in [0.05, 0.1) is 15.9 Å². The lowest BCUT2D eigenvalue weighted by molar-refractivity contribution is -0.777. The average molecular weight is 360 g/mol. The summed E-state index contributed by atoms with van der Waals surface area (Å²) in [6, 6.07) is 0. The Bertz CT molecular complexity index is 468. The molecule has 140 valence electrons. The highest BCUT2D eigenvalue weighted by Gasteiger charge is 2.25. The quantitative estimate of drug-likeness (QED) is 0.402. The number of quaternary nitrogens is 1. The monoisotopic (exact) mass is 359 g/mol. The molecule has 0 aliphatic rings. The Balaban J connectivity index is 5.49. The zero-order valence-electron chi connectivity index (χ0n) is 15.2. The molecule has 0 aromatic heterocycles. The molecule has 0 saturated carbocycles. The second-order valence-corrected chi connectivity index (χ2v) is 7.52. The highest BCUT2D eigenvalue weighted by atomic mass is 32.2. The molecule has 1 atom stereocenters. The summed E-state index contributed by atoms with van der Waals surface area (Å²) >= 11 is 0. The third-order valence-electron chi connectivity index (χ3n) is 3.44. The van der Waals surface area contributed by atoms with Crippen molar-refractivity contribution in [2.75, 3.05) is 12.3 Å². The van der Waals surface area contributed by atoms with Crippen LogP contribution in [0.1, 0.15) is 59.3 Å². The molecular weight excluding hydrogens is 326 g/mol. The predicted octanol–water partition coefficient (Wildman–Crippen LogP) is 3.65. The van der Waals surface area contributed by atoms with Gasteiger partial charge in [0.25, 0.3) is 0 Å². The highest BCUT2D eigenvalue weighted by Crippen LogP contribution is 2.17. The zero-order chi connectivity index (χ0) is 18.5. The molecule has 0 rings (SSSR count). The third-order valence-corrected chi connectivity index (χ3v) is 4.23. The molecule has 0 bridgehead atoms. The van der Waals surface area contributed by atoms with Crippen LogP contribution >= 0.6 is 0 Å².